The van der Waals surface area contributed by atoms with Crippen LogP contribution in [0, 0.1) is 22.7 Å². The fourth-order valence-electron chi connectivity index (χ4n) is 4.97. The zero-order valence-corrected chi connectivity index (χ0v) is 21.2. The van der Waals surface area contributed by atoms with Crippen LogP contribution in [-0.2, 0) is 12.5 Å². The highest BCUT2D eigenvalue weighted by Gasteiger charge is 2.25. The predicted octanol–water partition coefficient (Wildman–Crippen LogP) is 4.64. The Morgan fingerprint density at radius 3 is 2.65 bits per heavy atom. The van der Waals surface area contributed by atoms with E-state index in [9.17, 15) is 15.3 Å². The van der Waals surface area contributed by atoms with Crippen LogP contribution in [0.2, 0.25) is 0 Å². The van der Waals surface area contributed by atoms with Gasteiger partial charge in [0.25, 0.3) is 5.91 Å². The number of amides is 1. The second kappa shape index (κ2) is 9.48. The summed E-state index contributed by atoms with van der Waals surface area (Å²) in [6, 6.07) is 17.8. The van der Waals surface area contributed by atoms with Gasteiger partial charge in [-0.25, -0.2) is 0 Å². The minimum absolute atomic E-state index is 0.00101. The van der Waals surface area contributed by atoms with Crippen LogP contribution in [0.3, 0.4) is 0 Å². The molecule has 0 bridgehead atoms. The molecule has 0 radical (unpaired) electrons. The second-order valence-electron chi connectivity index (χ2n) is 10.2. The van der Waals surface area contributed by atoms with Crippen LogP contribution in [0.5, 0.6) is 0 Å². The number of aryl methyl sites for hydroxylation is 1. The maximum atomic E-state index is 13.0. The molecule has 1 atom stereocenters. The van der Waals surface area contributed by atoms with Crippen LogP contribution in [0.15, 0.2) is 54.9 Å². The summed E-state index contributed by atoms with van der Waals surface area (Å²) in [5.41, 5.74) is 5.20. The fraction of sp³-hybridized carbons (Fsp3) is 0.310. The van der Waals surface area contributed by atoms with E-state index in [4.69, 9.17) is 0 Å². The number of fused-ring (bicyclic) bond motifs is 1. The van der Waals surface area contributed by atoms with E-state index in [2.05, 4.69) is 38.5 Å². The summed E-state index contributed by atoms with van der Waals surface area (Å²) in [7, 11) is 1.88. The van der Waals surface area contributed by atoms with E-state index < -0.39 is 5.41 Å². The number of benzene rings is 2. The molecule has 8 nitrogen and oxygen atoms in total. The van der Waals surface area contributed by atoms with E-state index >= 15 is 0 Å². The van der Waals surface area contributed by atoms with Crippen molar-refractivity contribution in [2.45, 2.75) is 38.1 Å². The molecule has 1 fully saturated rings. The van der Waals surface area contributed by atoms with Gasteiger partial charge in [-0.3, -0.25) is 9.48 Å². The van der Waals surface area contributed by atoms with Crippen molar-refractivity contribution in [3.05, 3.63) is 71.5 Å². The molecule has 1 aliphatic rings. The Hall–Kier alpha value is -4.56. The molecule has 1 saturated heterocycles. The Bertz CT molecular complexity index is 1550. The number of H-pyrrole nitrogens is 1. The van der Waals surface area contributed by atoms with Crippen LogP contribution < -0.4 is 10.2 Å². The van der Waals surface area contributed by atoms with E-state index in [0.29, 0.717) is 17.7 Å². The van der Waals surface area contributed by atoms with E-state index in [1.54, 1.807) is 23.0 Å². The van der Waals surface area contributed by atoms with Gasteiger partial charge in [-0.2, -0.15) is 15.6 Å². The van der Waals surface area contributed by atoms with Crippen molar-refractivity contribution in [1.82, 2.24) is 20.1 Å². The number of hydrogen-bond donors (Lipinski definition) is 2. The normalized spacial score (nSPS) is 15.8. The Morgan fingerprint density at radius 1 is 1.19 bits per heavy atom. The Morgan fingerprint density at radius 2 is 1.97 bits per heavy atom. The number of anilines is 1. The van der Waals surface area contributed by atoms with Crippen molar-refractivity contribution in [1.29, 1.82) is 10.5 Å². The standard InChI is InChI=1S/C29H29N7O/c1-29(2,18-31)22-9-6-19(7-10-22)28(37)33-23-5-4-12-36(17-23)26-11-8-20(14-30)27-24(26)13-25(34-27)21-15-32-35(3)16-21/h6-11,13,15-16,23,34H,4-5,12,17H2,1-3H3,(H,33,37)/t23-/m1/s1. The molecular weight excluding hydrogens is 462 g/mol. The molecule has 3 heterocycles. The average molecular weight is 492 g/mol. The molecule has 1 amide bonds. The zero-order valence-electron chi connectivity index (χ0n) is 21.2. The van der Waals surface area contributed by atoms with Gasteiger partial charge in [-0.1, -0.05) is 12.1 Å². The van der Waals surface area contributed by atoms with Gasteiger partial charge < -0.3 is 15.2 Å². The summed E-state index contributed by atoms with van der Waals surface area (Å²) in [6.45, 7) is 5.28. The highest BCUT2D eigenvalue weighted by atomic mass is 16.1. The fourth-order valence-corrected chi connectivity index (χ4v) is 4.97. The maximum Gasteiger partial charge on any atom is 0.251 e. The number of piperidine rings is 1. The zero-order chi connectivity index (χ0) is 26.2. The predicted molar refractivity (Wildman–Crippen MR) is 143 cm³/mol. The number of nitrogens with zero attached hydrogens (tertiary/aromatic N) is 5. The third-order valence-electron chi connectivity index (χ3n) is 7.15. The minimum atomic E-state index is -0.597. The van der Waals surface area contributed by atoms with Crippen LogP contribution in [0.25, 0.3) is 22.2 Å². The van der Waals surface area contributed by atoms with Gasteiger partial charge in [-0.15, -0.1) is 0 Å². The van der Waals surface area contributed by atoms with E-state index in [-0.39, 0.29) is 11.9 Å². The van der Waals surface area contributed by atoms with Crippen LogP contribution >= 0.6 is 0 Å². The summed E-state index contributed by atoms with van der Waals surface area (Å²) in [4.78, 5) is 18.7. The van der Waals surface area contributed by atoms with Crippen molar-refractivity contribution >= 4 is 22.5 Å². The van der Waals surface area contributed by atoms with Gasteiger partial charge in [0, 0.05) is 60.3 Å². The summed E-state index contributed by atoms with van der Waals surface area (Å²) in [5.74, 6) is -0.112. The third kappa shape index (κ3) is 4.66. The lowest BCUT2D eigenvalue weighted by Gasteiger charge is -2.35. The molecule has 8 heteroatoms. The van der Waals surface area contributed by atoms with Crippen LogP contribution in [0.4, 0.5) is 5.69 Å². The molecule has 2 aromatic carbocycles. The van der Waals surface area contributed by atoms with Gasteiger partial charge >= 0.3 is 0 Å². The topological polar surface area (TPSA) is 114 Å². The molecule has 4 aromatic rings. The quantitative estimate of drug-likeness (QED) is 0.422. The lowest BCUT2D eigenvalue weighted by molar-refractivity contribution is 0.0933. The molecule has 0 saturated carbocycles. The first-order valence-electron chi connectivity index (χ1n) is 12.4. The maximum absolute atomic E-state index is 13.0. The molecular formula is C29H29N7O. The molecule has 37 heavy (non-hydrogen) atoms. The number of nitriles is 2. The molecule has 0 spiro atoms. The van der Waals surface area contributed by atoms with Crippen molar-refractivity contribution in [2.24, 2.45) is 7.05 Å². The van der Waals surface area contributed by atoms with Gasteiger partial charge in [0.1, 0.15) is 6.07 Å². The number of rotatable bonds is 5. The summed E-state index contributed by atoms with van der Waals surface area (Å²) >= 11 is 0. The molecule has 2 N–H and O–H groups in total. The minimum Gasteiger partial charge on any atom is -0.369 e. The average Bonchev–Trinajstić information content (AvgIpc) is 3.55. The van der Waals surface area contributed by atoms with Crippen molar-refractivity contribution in [3.63, 3.8) is 0 Å². The number of aromatic nitrogens is 3. The number of carbonyl (C=O) groups excluding carboxylic acids is 1. The van der Waals surface area contributed by atoms with Crippen LogP contribution in [-0.4, -0.2) is 39.8 Å². The smallest absolute Gasteiger partial charge is 0.251 e. The number of aromatic amines is 1. The Labute approximate surface area is 216 Å². The van der Waals surface area contributed by atoms with Crippen molar-refractivity contribution in [2.75, 3.05) is 18.0 Å². The Kier molecular flexibility index (Phi) is 6.19. The highest BCUT2D eigenvalue weighted by Crippen LogP contribution is 2.34. The summed E-state index contributed by atoms with van der Waals surface area (Å²) in [6.07, 6.45) is 5.59. The number of hydrogen-bond acceptors (Lipinski definition) is 5. The first kappa shape index (κ1) is 24.1. The van der Waals surface area contributed by atoms with Crippen molar-refractivity contribution in [3.8, 4) is 23.4 Å². The molecule has 186 valence electrons. The lowest BCUT2D eigenvalue weighted by atomic mass is 9.86. The third-order valence-corrected chi connectivity index (χ3v) is 7.15. The van der Waals surface area contributed by atoms with E-state index in [1.165, 1.54) is 0 Å². The summed E-state index contributed by atoms with van der Waals surface area (Å²) < 4.78 is 1.75. The largest absolute Gasteiger partial charge is 0.369 e. The Balaban J connectivity index is 1.36. The molecule has 0 unspecified atom stereocenters. The molecule has 2 aromatic heterocycles. The second-order valence-corrected chi connectivity index (χ2v) is 10.2. The first-order valence-corrected chi connectivity index (χ1v) is 12.4. The monoisotopic (exact) mass is 491 g/mol. The highest BCUT2D eigenvalue weighted by molar-refractivity contribution is 5.99. The van der Waals surface area contributed by atoms with Gasteiger partial charge in [-0.05, 0) is 62.6 Å². The van der Waals surface area contributed by atoms with Crippen molar-refractivity contribution < 1.29 is 4.79 Å². The molecule has 5 rings (SSSR count). The first-order chi connectivity index (χ1) is 17.8. The van der Waals surface area contributed by atoms with Gasteiger partial charge in [0.2, 0.25) is 0 Å². The van der Waals surface area contributed by atoms with Gasteiger partial charge in [0.05, 0.1) is 28.8 Å². The number of nitrogens with one attached hydrogen (secondary N) is 2. The van der Waals surface area contributed by atoms with E-state index in [0.717, 1.165) is 52.8 Å². The number of carbonyl (C=O) groups is 1. The SMILES string of the molecule is Cn1cc(-c2cc3c(N4CCC[C@@H](NC(=O)c5ccc(C(C)(C)C#N)cc5)C4)ccc(C#N)c3[nH]2)cn1. The molecule has 1 aliphatic heterocycles. The molecule has 0 aliphatic carbocycles. The van der Waals surface area contributed by atoms with Crippen LogP contribution in [0.1, 0.15) is 48.2 Å². The lowest BCUT2D eigenvalue weighted by Crippen LogP contribution is -2.47. The van der Waals surface area contributed by atoms with E-state index in [1.807, 2.05) is 51.4 Å². The summed E-state index contributed by atoms with van der Waals surface area (Å²) in [5, 5.41) is 27.5. The van der Waals surface area contributed by atoms with Gasteiger partial charge in [0.15, 0.2) is 0 Å².